The summed E-state index contributed by atoms with van der Waals surface area (Å²) < 4.78 is 0. The monoisotopic (exact) mass is 310 g/mol. The van der Waals surface area contributed by atoms with Gasteiger partial charge in [0.25, 0.3) is 0 Å². The number of carbonyl (C=O) groups is 1. The van der Waals surface area contributed by atoms with Crippen LogP contribution in [0.5, 0.6) is 0 Å². The molecule has 1 fully saturated rings. The number of nitrogens with zero attached hydrogens (tertiary/aromatic N) is 2. The van der Waals surface area contributed by atoms with Crippen LogP contribution in [0.15, 0.2) is 6.20 Å². The van der Waals surface area contributed by atoms with Crippen LogP contribution >= 0.6 is 11.3 Å². The van der Waals surface area contributed by atoms with Gasteiger partial charge in [0.1, 0.15) is 0 Å². The molecule has 5 nitrogen and oxygen atoms in total. The lowest BCUT2D eigenvalue weighted by atomic mass is 10.2. The molecule has 0 saturated carbocycles. The Hall–Kier alpha value is -1.14. The van der Waals surface area contributed by atoms with Crippen LogP contribution in [0, 0.1) is 6.92 Å². The van der Waals surface area contributed by atoms with E-state index >= 15 is 0 Å². The highest BCUT2D eigenvalue weighted by molar-refractivity contribution is 7.15. The zero-order chi connectivity index (χ0) is 15.1. The first kappa shape index (κ1) is 16.2. The average Bonchev–Trinajstić information content (AvgIpc) is 2.70. The molecular formula is C15H26N4OS. The van der Waals surface area contributed by atoms with Gasteiger partial charge in [-0.15, -0.1) is 11.3 Å². The van der Waals surface area contributed by atoms with E-state index in [1.165, 1.54) is 50.1 Å². The summed E-state index contributed by atoms with van der Waals surface area (Å²) in [5.41, 5.74) is 0. The highest BCUT2D eigenvalue weighted by Gasteiger charge is 2.15. The number of aryl methyl sites for hydroxylation is 1. The zero-order valence-electron chi connectivity index (χ0n) is 13.0. The van der Waals surface area contributed by atoms with Gasteiger partial charge in [0.2, 0.25) is 0 Å². The molecule has 2 amide bonds. The summed E-state index contributed by atoms with van der Waals surface area (Å²) in [7, 11) is 0. The molecule has 2 heterocycles. The van der Waals surface area contributed by atoms with E-state index in [-0.39, 0.29) is 6.03 Å². The van der Waals surface area contributed by atoms with Crippen LogP contribution in [0.25, 0.3) is 0 Å². The van der Waals surface area contributed by atoms with Crippen molar-refractivity contribution < 1.29 is 4.79 Å². The fourth-order valence-electron chi connectivity index (χ4n) is 2.67. The molecule has 0 aromatic carbocycles. The molecule has 0 aliphatic carbocycles. The summed E-state index contributed by atoms with van der Waals surface area (Å²) >= 11 is 1.49. The van der Waals surface area contributed by atoms with Crippen molar-refractivity contribution in [3.8, 4) is 0 Å². The highest BCUT2D eigenvalue weighted by Crippen LogP contribution is 2.16. The number of nitrogens with one attached hydrogen (secondary N) is 2. The van der Waals surface area contributed by atoms with Crippen LogP contribution in [-0.2, 0) is 0 Å². The first-order valence-electron chi connectivity index (χ1n) is 7.86. The molecule has 1 aromatic rings. The third-order valence-electron chi connectivity index (χ3n) is 3.95. The molecule has 0 radical (unpaired) electrons. The molecule has 0 bridgehead atoms. The quantitative estimate of drug-likeness (QED) is 0.878. The van der Waals surface area contributed by atoms with Crippen molar-refractivity contribution >= 4 is 22.5 Å². The Morgan fingerprint density at radius 2 is 2.10 bits per heavy atom. The zero-order valence-corrected chi connectivity index (χ0v) is 13.8. The number of anilines is 1. The molecule has 1 aliphatic rings. The molecule has 6 heteroatoms. The lowest BCUT2D eigenvalue weighted by Crippen LogP contribution is -2.38. The van der Waals surface area contributed by atoms with Gasteiger partial charge in [0.15, 0.2) is 5.13 Å². The van der Waals surface area contributed by atoms with Crippen LogP contribution in [0.1, 0.15) is 43.9 Å². The van der Waals surface area contributed by atoms with Crippen molar-refractivity contribution in [3.63, 3.8) is 0 Å². The molecule has 1 saturated heterocycles. The molecule has 2 N–H and O–H groups in total. The number of rotatable bonds is 5. The Bertz CT molecular complexity index is 441. The van der Waals surface area contributed by atoms with Gasteiger partial charge in [-0.3, -0.25) is 5.32 Å². The van der Waals surface area contributed by atoms with Gasteiger partial charge in [0.05, 0.1) is 0 Å². The van der Waals surface area contributed by atoms with E-state index in [0.29, 0.717) is 17.7 Å². The fraction of sp³-hybridized carbons (Fsp3) is 0.733. The Morgan fingerprint density at radius 1 is 1.38 bits per heavy atom. The molecule has 2 rings (SSSR count). The van der Waals surface area contributed by atoms with Crippen molar-refractivity contribution in [2.75, 3.05) is 25.0 Å². The third-order valence-corrected chi connectivity index (χ3v) is 4.78. The summed E-state index contributed by atoms with van der Waals surface area (Å²) in [4.78, 5) is 19.5. The SMILES string of the molecule is Cc1cnc(NC(=O)NCCC(C)N2CCCCCC2)s1. The van der Waals surface area contributed by atoms with Crippen molar-refractivity contribution in [3.05, 3.63) is 11.1 Å². The number of likely N-dealkylation sites (tertiary alicyclic amines) is 1. The van der Waals surface area contributed by atoms with Gasteiger partial charge in [-0.2, -0.15) is 0 Å². The van der Waals surface area contributed by atoms with Crippen LogP contribution in [-0.4, -0.2) is 41.6 Å². The van der Waals surface area contributed by atoms with E-state index in [1.807, 2.05) is 6.92 Å². The average molecular weight is 310 g/mol. The Balaban J connectivity index is 1.64. The maximum atomic E-state index is 11.8. The summed E-state index contributed by atoms with van der Waals surface area (Å²) in [6, 6.07) is 0.373. The minimum absolute atomic E-state index is 0.160. The molecule has 1 unspecified atom stereocenters. The van der Waals surface area contributed by atoms with Crippen LogP contribution in [0.2, 0.25) is 0 Å². The molecular weight excluding hydrogens is 284 g/mol. The summed E-state index contributed by atoms with van der Waals surface area (Å²) in [5.74, 6) is 0. The second kappa shape index (κ2) is 8.34. The molecule has 118 valence electrons. The van der Waals surface area contributed by atoms with E-state index in [9.17, 15) is 4.79 Å². The Labute approximate surface area is 131 Å². The summed E-state index contributed by atoms with van der Waals surface area (Å²) in [5, 5.41) is 6.34. The number of thiazole rings is 1. The number of aromatic nitrogens is 1. The van der Waals surface area contributed by atoms with E-state index in [0.717, 1.165) is 11.3 Å². The lowest BCUT2D eigenvalue weighted by molar-refractivity contribution is 0.206. The highest BCUT2D eigenvalue weighted by atomic mass is 32.1. The molecule has 1 aliphatic heterocycles. The largest absolute Gasteiger partial charge is 0.338 e. The second-order valence-electron chi connectivity index (χ2n) is 5.74. The van der Waals surface area contributed by atoms with Crippen molar-refractivity contribution in [2.45, 2.75) is 52.0 Å². The number of urea groups is 1. The fourth-order valence-corrected chi connectivity index (χ4v) is 3.33. The predicted molar refractivity (Wildman–Crippen MR) is 88.0 cm³/mol. The first-order chi connectivity index (χ1) is 10.1. The van der Waals surface area contributed by atoms with Crippen LogP contribution in [0.3, 0.4) is 0 Å². The maximum Gasteiger partial charge on any atom is 0.321 e. The molecule has 1 atom stereocenters. The maximum absolute atomic E-state index is 11.8. The van der Waals surface area contributed by atoms with Gasteiger partial charge in [-0.05, 0) is 46.2 Å². The number of hydrogen-bond acceptors (Lipinski definition) is 4. The number of hydrogen-bond donors (Lipinski definition) is 2. The van der Waals surface area contributed by atoms with Crippen LogP contribution in [0.4, 0.5) is 9.93 Å². The predicted octanol–water partition coefficient (Wildman–Crippen LogP) is 3.23. The van der Waals surface area contributed by atoms with Crippen molar-refractivity contribution in [2.24, 2.45) is 0 Å². The molecule has 1 aromatic heterocycles. The van der Waals surface area contributed by atoms with E-state index in [1.54, 1.807) is 6.20 Å². The molecule has 21 heavy (non-hydrogen) atoms. The Morgan fingerprint density at radius 3 is 2.71 bits per heavy atom. The Kier molecular flexibility index (Phi) is 6.45. The van der Waals surface area contributed by atoms with Gasteiger partial charge < -0.3 is 10.2 Å². The lowest BCUT2D eigenvalue weighted by Gasteiger charge is -2.27. The minimum atomic E-state index is -0.160. The number of amides is 2. The third kappa shape index (κ3) is 5.63. The molecule has 0 spiro atoms. The van der Waals surface area contributed by atoms with Gasteiger partial charge >= 0.3 is 6.03 Å². The smallest absolute Gasteiger partial charge is 0.321 e. The van der Waals surface area contributed by atoms with E-state index in [4.69, 9.17) is 0 Å². The van der Waals surface area contributed by atoms with Gasteiger partial charge in [-0.25, -0.2) is 9.78 Å². The van der Waals surface area contributed by atoms with E-state index in [2.05, 4.69) is 27.4 Å². The van der Waals surface area contributed by atoms with Gasteiger partial charge in [0, 0.05) is 23.7 Å². The van der Waals surface area contributed by atoms with Crippen molar-refractivity contribution in [1.82, 2.24) is 15.2 Å². The standard InChI is InChI=1S/C15H26N4OS/c1-12(19-9-5-3-4-6-10-19)7-8-16-14(20)18-15-17-11-13(2)21-15/h11-12H,3-10H2,1-2H3,(H2,16,17,18,20). The topological polar surface area (TPSA) is 57.3 Å². The number of carbonyl (C=O) groups excluding carboxylic acids is 1. The summed E-state index contributed by atoms with van der Waals surface area (Å²) in [6.07, 6.45) is 8.09. The second-order valence-corrected chi connectivity index (χ2v) is 6.98. The minimum Gasteiger partial charge on any atom is -0.338 e. The van der Waals surface area contributed by atoms with Crippen molar-refractivity contribution in [1.29, 1.82) is 0 Å². The van der Waals surface area contributed by atoms with Crippen LogP contribution < -0.4 is 10.6 Å². The first-order valence-corrected chi connectivity index (χ1v) is 8.68. The summed E-state index contributed by atoms with van der Waals surface area (Å²) in [6.45, 7) is 7.34. The normalized spacial score (nSPS) is 18.0. The van der Waals surface area contributed by atoms with E-state index < -0.39 is 0 Å². The van der Waals surface area contributed by atoms with Gasteiger partial charge in [-0.1, -0.05) is 12.8 Å².